The molecule has 0 aromatic heterocycles. The molecule has 0 saturated carbocycles. The second-order valence-electron chi connectivity index (χ2n) is 3.35. The Hall–Kier alpha value is -1.26. The highest BCUT2D eigenvalue weighted by molar-refractivity contribution is 6.32. The first-order valence-electron chi connectivity index (χ1n) is 5.02. The molecule has 0 bridgehead atoms. The minimum Gasteiger partial charge on any atom is -0.506 e. The van der Waals surface area contributed by atoms with E-state index in [0.29, 0.717) is 18.5 Å². The molecule has 4 nitrogen and oxygen atoms in total. The summed E-state index contributed by atoms with van der Waals surface area (Å²) < 4.78 is 0. The molecule has 0 aliphatic rings. The van der Waals surface area contributed by atoms with Gasteiger partial charge >= 0.3 is 0 Å². The second-order valence-corrected chi connectivity index (χ2v) is 3.76. The molecule has 0 aliphatic carbocycles. The van der Waals surface area contributed by atoms with Crippen molar-refractivity contribution in [3.05, 3.63) is 28.8 Å². The highest BCUT2D eigenvalue weighted by Crippen LogP contribution is 2.23. The van der Waals surface area contributed by atoms with Gasteiger partial charge in [-0.3, -0.25) is 4.79 Å². The number of nitrogens with one attached hydrogen (secondary N) is 1. The summed E-state index contributed by atoms with van der Waals surface area (Å²) in [7, 11) is 0. The van der Waals surface area contributed by atoms with Crippen LogP contribution in [0.3, 0.4) is 0 Å². The summed E-state index contributed by atoms with van der Waals surface area (Å²) in [6.45, 7) is 0.638. The van der Waals surface area contributed by atoms with E-state index in [4.69, 9.17) is 16.7 Å². The molecule has 1 aromatic rings. The van der Waals surface area contributed by atoms with E-state index >= 15 is 0 Å². The van der Waals surface area contributed by atoms with Gasteiger partial charge in [0.2, 0.25) is 0 Å². The number of amides is 1. The average Bonchev–Trinajstić information content (AvgIpc) is 2.28. The Balaban J connectivity index is 2.50. The molecule has 5 heteroatoms. The van der Waals surface area contributed by atoms with Crippen LogP contribution in [0.4, 0.5) is 0 Å². The van der Waals surface area contributed by atoms with E-state index in [0.717, 1.165) is 6.42 Å². The highest BCUT2D eigenvalue weighted by Gasteiger charge is 2.07. The van der Waals surface area contributed by atoms with Crippen molar-refractivity contribution >= 4 is 17.5 Å². The van der Waals surface area contributed by atoms with E-state index < -0.39 is 0 Å². The summed E-state index contributed by atoms with van der Waals surface area (Å²) in [5.74, 6) is -0.279. The van der Waals surface area contributed by atoms with Crippen LogP contribution < -0.4 is 5.32 Å². The van der Waals surface area contributed by atoms with Crippen LogP contribution in [0.5, 0.6) is 5.75 Å². The number of phenols is 1. The Bertz CT molecular complexity index is 368. The van der Waals surface area contributed by atoms with Crippen LogP contribution in [-0.4, -0.2) is 29.3 Å². The first-order valence-corrected chi connectivity index (χ1v) is 5.40. The van der Waals surface area contributed by atoms with Crippen molar-refractivity contribution in [2.45, 2.75) is 12.8 Å². The monoisotopic (exact) mass is 243 g/mol. The third-order valence-electron chi connectivity index (χ3n) is 2.08. The number of benzene rings is 1. The number of halogens is 1. The predicted octanol–water partition coefficient (Wildman–Crippen LogP) is 1.55. The molecular weight excluding hydrogens is 230 g/mol. The largest absolute Gasteiger partial charge is 0.506 e. The van der Waals surface area contributed by atoms with Crippen LogP contribution in [0.1, 0.15) is 23.2 Å². The number of carbonyl (C=O) groups is 1. The number of aliphatic hydroxyl groups excluding tert-OH is 1. The maximum Gasteiger partial charge on any atom is 0.251 e. The number of phenolic OH excluding ortho intramolecular Hbond substituents is 1. The fourth-order valence-electron chi connectivity index (χ4n) is 1.19. The SMILES string of the molecule is O=C(NCCCCO)c1ccc(O)c(Cl)c1. The number of aromatic hydroxyl groups is 1. The van der Waals surface area contributed by atoms with E-state index in [1.165, 1.54) is 18.2 Å². The van der Waals surface area contributed by atoms with Crippen LogP contribution >= 0.6 is 11.6 Å². The molecule has 0 aliphatic heterocycles. The second kappa shape index (κ2) is 6.35. The quantitative estimate of drug-likeness (QED) is 0.688. The van der Waals surface area contributed by atoms with E-state index in [2.05, 4.69) is 5.32 Å². The third kappa shape index (κ3) is 3.72. The fraction of sp³-hybridized carbons (Fsp3) is 0.364. The van der Waals surface area contributed by atoms with Gasteiger partial charge in [-0.15, -0.1) is 0 Å². The summed E-state index contributed by atoms with van der Waals surface area (Å²) in [6, 6.07) is 4.30. The molecule has 1 aromatic carbocycles. The molecule has 1 amide bonds. The van der Waals surface area contributed by atoms with E-state index in [9.17, 15) is 9.90 Å². The molecule has 0 spiro atoms. The van der Waals surface area contributed by atoms with Crippen molar-refractivity contribution in [2.24, 2.45) is 0 Å². The van der Waals surface area contributed by atoms with Gasteiger partial charge in [0.05, 0.1) is 5.02 Å². The Kier molecular flexibility index (Phi) is 5.08. The maximum absolute atomic E-state index is 11.6. The van der Waals surface area contributed by atoms with Crippen LogP contribution in [-0.2, 0) is 0 Å². The summed E-state index contributed by atoms with van der Waals surface area (Å²) in [5, 5.41) is 20.6. The fourth-order valence-corrected chi connectivity index (χ4v) is 1.37. The first-order chi connectivity index (χ1) is 7.65. The smallest absolute Gasteiger partial charge is 0.251 e. The lowest BCUT2D eigenvalue weighted by molar-refractivity contribution is 0.0952. The van der Waals surface area contributed by atoms with Crippen LogP contribution in [0.25, 0.3) is 0 Å². The number of hydrogen-bond acceptors (Lipinski definition) is 3. The van der Waals surface area contributed by atoms with Gasteiger partial charge in [0.25, 0.3) is 5.91 Å². The van der Waals surface area contributed by atoms with Crippen molar-refractivity contribution in [3.63, 3.8) is 0 Å². The predicted molar refractivity (Wildman–Crippen MR) is 61.8 cm³/mol. The van der Waals surface area contributed by atoms with Gasteiger partial charge in [-0.2, -0.15) is 0 Å². The normalized spacial score (nSPS) is 10.1. The van der Waals surface area contributed by atoms with Gasteiger partial charge in [0.1, 0.15) is 5.75 Å². The molecule has 1 rings (SSSR count). The number of hydrogen-bond donors (Lipinski definition) is 3. The van der Waals surface area contributed by atoms with Crippen molar-refractivity contribution in [1.82, 2.24) is 5.32 Å². The summed E-state index contributed by atoms with van der Waals surface area (Å²) in [6.07, 6.45) is 1.39. The molecule has 0 unspecified atom stereocenters. The van der Waals surface area contributed by atoms with Crippen LogP contribution in [0.2, 0.25) is 5.02 Å². The van der Waals surface area contributed by atoms with Crippen molar-refractivity contribution in [3.8, 4) is 5.75 Å². The molecular formula is C11H14ClNO3. The lowest BCUT2D eigenvalue weighted by atomic mass is 10.2. The lowest BCUT2D eigenvalue weighted by Crippen LogP contribution is -2.24. The number of rotatable bonds is 5. The Morgan fingerprint density at radius 3 is 2.75 bits per heavy atom. The topological polar surface area (TPSA) is 69.6 Å². The van der Waals surface area contributed by atoms with Crippen molar-refractivity contribution < 1.29 is 15.0 Å². The lowest BCUT2D eigenvalue weighted by Gasteiger charge is -2.05. The Morgan fingerprint density at radius 1 is 1.38 bits per heavy atom. The number of unbranched alkanes of at least 4 members (excludes halogenated alkanes) is 1. The van der Waals surface area contributed by atoms with Gasteiger partial charge in [-0.05, 0) is 31.0 Å². The van der Waals surface area contributed by atoms with Gasteiger partial charge in [0, 0.05) is 18.7 Å². The van der Waals surface area contributed by atoms with E-state index in [1.807, 2.05) is 0 Å². The zero-order chi connectivity index (χ0) is 12.0. The minimum atomic E-state index is -0.236. The molecule has 0 atom stereocenters. The summed E-state index contributed by atoms with van der Waals surface area (Å²) in [4.78, 5) is 11.6. The van der Waals surface area contributed by atoms with Gasteiger partial charge < -0.3 is 15.5 Å². The van der Waals surface area contributed by atoms with Crippen molar-refractivity contribution in [2.75, 3.05) is 13.2 Å². The van der Waals surface area contributed by atoms with Crippen LogP contribution in [0.15, 0.2) is 18.2 Å². The molecule has 0 heterocycles. The standard InChI is InChI=1S/C11H14ClNO3/c12-9-7-8(3-4-10(9)15)11(16)13-5-1-2-6-14/h3-4,7,14-15H,1-2,5-6H2,(H,13,16). The van der Waals surface area contributed by atoms with Crippen molar-refractivity contribution in [1.29, 1.82) is 0 Å². The summed E-state index contributed by atoms with van der Waals surface area (Å²) in [5.41, 5.74) is 0.409. The van der Waals surface area contributed by atoms with Gasteiger partial charge in [-0.1, -0.05) is 11.6 Å². The molecule has 88 valence electrons. The molecule has 0 radical (unpaired) electrons. The zero-order valence-corrected chi connectivity index (χ0v) is 9.50. The minimum absolute atomic E-state index is 0.0431. The number of carbonyl (C=O) groups excluding carboxylic acids is 1. The van der Waals surface area contributed by atoms with Crippen LogP contribution in [0, 0.1) is 0 Å². The third-order valence-corrected chi connectivity index (χ3v) is 2.38. The van der Waals surface area contributed by atoms with Gasteiger partial charge in [-0.25, -0.2) is 0 Å². The average molecular weight is 244 g/mol. The number of aliphatic hydroxyl groups is 1. The Morgan fingerprint density at radius 2 is 2.12 bits per heavy atom. The molecule has 0 saturated heterocycles. The highest BCUT2D eigenvalue weighted by atomic mass is 35.5. The van der Waals surface area contributed by atoms with E-state index in [1.54, 1.807) is 0 Å². The maximum atomic E-state index is 11.6. The Labute approximate surface area is 98.9 Å². The summed E-state index contributed by atoms with van der Waals surface area (Å²) >= 11 is 5.68. The van der Waals surface area contributed by atoms with Gasteiger partial charge in [0.15, 0.2) is 0 Å². The van der Waals surface area contributed by atoms with E-state index in [-0.39, 0.29) is 23.3 Å². The molecule has 16 heavy (non-hydrogen) atoms. The first kappa shape index (κ1) is 12.8. The zero-order valence-electron chi connectivity index (χ0n) is 8.74. The molecule has 3 N–H and O–H groups in total. The molecule has 0 fully saturated rings.